The number of carbonyl (C=O) groups is 1. The largest absolute Gasteiger partial charge is 0.488 e. The van der Waals surface area contributed by atoms with Crippen LogP contribution in [0.1, 0.15) is 0 Å². The minimum atomic E-state index is -0.0548. The summed E-state index contributed by atoms with van der Waals surface area (Å²) < 4.78 is 4.83. The molecule has 50 valence electrons. The number of ether oxygens (including phenoxy) is 1. The van der Waals surface area contributed by atoms with Gasteiger partial charge in [-0.1, -0.05) is 0 Å². The predicted molar refractivity (Wildman–Crippen MR) is 38.8 cm³/mol. The summed E-state index contributed by atoms with van der Waals surface area (Å²) in [5, 5.41) is 3.17. The summed E-state index contributed by atoms with van der Waals surface area (Å²) in [6, 6.07) is 0. The number of nitrogens with one attached hydrogen (secondary N) is 1. The molecular formula is C4H5NO2S2. The summed E-state index contributed by atoms with van der Waals surface area (Å²) in [5.41, 5.74) is 0. The monoisotopic (exact) mass is 163 g/mol. The fourth-order valence-electron chi connectivity index (χ4n) is 0.338. The van der Waals surface area contributed by atoms with E-state index in [0.29, 0.717) is 0 Å². The van der Waals surface area contributed by atoms with Crippen LogP contribution in [0.25, 0.3) is 0 Å². The van der Waals surface area contributed by atoms with Crippen LogP contribution in [-0.2, 0) is 4.74 Å². The van der Waals surface area contributed by atoms with E-state index >= 15 is 0 Å². The summed E-state index contributed by atoms with van der Waals surface area (Å²) in [6.45, 7) is 0. The standard InChI is InChI=1S/C4H5NO2S2/c1-7-3-2-5-4(6)9-8-3/h2H,1H3,(H,5,6). The van der Waals surface area contributed by atoms with Crippen molar-refractivity contribution in [3.8, 4) is 0 Å². The summed E-state index contributed by atoms with van der Waals surface area (Å²) in [5.74, 6) is 0. The van der Waals surface area contributed by atoms with Crippen LogP contribution in [0.15, 0.2) is 11.3 Å². The first-order valence-corrected chi connectivity index (χ1v) is 4.37. The molecule has 0 unspecified atom stereocenters. The van der Waals surface area contributed by atoms with E-state index in [1.165, 1.54) is 10.8 Å². The normalized spacial score (nSPS) is 18.3. The Morgan fingerprint density at radius 2 is 2.44 bits per heavy atom. The second kappa shape index (κ2) is 3.03. The Labute approximate surface area is 60.6 Å². The third-order valence-electron chi connectivity index (χ3n) is 0.709. The number of hydrogen-bond donors (Lipinski definition) is 1. The Hall–Kier alpha value is -0.290. The van der Waals surface area contributed by atoms with E-state index in [0.717, 1.165) is 15.9 Å². The fourth-order valence-corrected chi connectivity index (χ4v) is 1.74. The average Bonchev–Trinajstić information content (AvgIpc) is 1.90. The van der Waals surface area contributed by atoms with Crippen molar-refractivity contribution in [2.75, 3.05) is 7.11 Å². The van der Waals surface area contributed by atoms with Crippen molar-refractivity contribution in [3.05, 3.63) is 11.3 Å². The van der Waals surface area contributed by atoms with Crippen molar-refractivity contribution in [1.82, 2.24) is 5.32 Å². The van der Waals surface area contributed by atoms with Crippen molar-refractivity contribution in [2.24, 2.45) is 0 Å². The zero-order valence-corrected chi connectivity index (χ0v) is 6.34. The zero-order valence-electron chi connectivity index (χ0n) is 4.71. The Morgan fingerprint density at radius 3 is 2.89 bits per heavy atom. The Morgan fingerprint density at radius 1 is 1.67 bits per heavy atom. The molecule has 0 spiro atoms. The predicted octanol–water partition coefficient (Wildman–Crippen LogP) is 1.54. The van der Waals surface area contributed by atoms with Crippen LogP contribution in [0.3, 0.4) is 0 Å². The highest BCUT2D eigenvalue weighted by Crippen LogP contribution is 2.33. The van der Waals surface area contributed by atoms with Crippen molar-refractivity contribution < 1.29 is 9.53 Å². The number of carbonyl (C=O) groups excluding carboxylic acids is 1. The van der Waals surface area contributed by atoms with E-state index in [2.05, 4.69) is 5.32 Å². The molecular weight excluding hydrogens is 158 g/mol. The van der Waals surface area contributed by atoms with Gasteiger partial charge in [0, 0.05) is 10.8 Å². The van der Waals surface area contributed by atoms with Gasteiger partial charge in [0.1, 0.15) is 0 Å². The third kappa shape index (κ3) is 1.83. The van der Waals surface area contributed by atoms with Crippen molar-refractivity contribution >= 4 is 26.8 Å². The summed E-state index contributed by atoms with van der Waals surface area (Å²) in [4.78, 5) is 10.5. The summed E-state index contributed by atoms with van der Waals surface area (Å²) >= 11 is 0. The van der Waals surface area contributed by atoms with Crippen molar-refractivity contribution in [2.45, 2.75) is 0 Å². The number of methoxy groups -OCH3 is 1. The smallest absolute Gasteiger partial charge is 0.294 e. The lowest BCUT2D eigenvalue weighted by Crippen LogP contribution is -2.13. The molecule has 3 nitrogen and oxygen atoms in total. The van der Waals surface area contributed by atoms with Crippen LogP contribution in [0.2, 0.25) is 0 Å². The Bertz CT molecular complexity index is 157. The molecule has 0 radical (unpaired) electrons. The number of hydrogen-bond acceptors (Lipinski definition) is 4. The highest BCUT2D eigenvalue weighted by molar-refractivity contribution is 8.83. The number of amides is 1. The second-order valence-electron chi connectivity index (χ2n) is 1.27. The van der Waals surface area contributed by atoms with Gasteiger partial charge < -0.3 is 10.1 Å². The van der Waals surface area contributed by atoms with Gasteiger partial charge >= 0.3 is 0 Å². The molecule has 1 rings (SSSR count). The van der Waals surface area contributed by atoms with Crippen LogP contribution in [0, 0.1) is 0 Å². The number of rotatable bonds is 1. The van der Waals surface area contributed by atoms with E-state index in [4.69, 9.17) is 4.74 Å². The van der Waals surface area contributed by atoms with Gasteiger partial charge in [-0.15, -0.1) is 0 Å². The first kappa shape index (κ1) is 6.82. The van der Waals surface area contributed by atoms with Crippen LogP contribution >= 0.6 is 21.6 Å². The van der Waals surface area contributed by atoms with Gasteiger partial charge in [-0.05, 0) is 10.8 Å². The molecule has 0 saturated carbocycles. The van der Waals surface area contributed by atoms with E-state index < -0.39 is 0 Å². The molecule has 1 aliphatic rings. The summed E-state index contributed by atoms with van der Waals surface area (Å²) in [6.07, 6.45) is 1.55. The van der Waals surface area contributed by atoms with E-state index in [-0.39, 0.29) is 5.24 Å². The molecule has 0 saturated heterocycles. The van der Waals surface area contributed by atoms with Crippen LogP contribution in [0.4, 0.5) is 4.79 Å². The SMILES string of the molecule is COC1=CNC(=O)SS1. The Kier molecular flexibility index (Phi) is 2.29. The molecule has 0 aromatic rings. The molecule has 1 aliphatic heterocycles. The van der Waals surface area contributed by atoms with Crippen molar-refractivity contribution in [3.63, 3.8) is 0 Å². The molecule has 9 heavy (non-hydrogen) atoms. The molecule has 0 aromatic carbocycles. The van der Waals surface area contributed by atoms with Gasteiger partial charge in [-0.25, -0.2) is 0 Å². The molecule has 5 heteroatoms. The van der Waals surface area contributed by atoms with Gasteiger partial charge in [0.25, 0.3) is 5.24 Å². The molecule has 1 heterocycles. The highest BCUT2D eigenvalue weighted by Gasteiger charge is 2.10. The Balaban J connectivity index is 2.50. The molecule has 0 bridgehead atoms. The quantitative estimate of drug-likeness (QED) is 0.595. The van der Waals surface area contributed by atoms with Crippen LogP contribution < -0.4 is 5.32 Å². The molecule has 1 N–H and O–H groups in total. The first-order chi connectivity index (χ1) is 4.33. The van der Waals surface area contributed by atoms with Gasteiger partial charge in [-0.3, -0.25) is 4.79 Å². The maximum absolute atomic E-state index is 10.5. The maximum atomic E-state index is 10.5. The van der Waals surface area contributed by atoms with Crippen LogP contribution in [-0.4, -0.2) is 12.3 Å². The lowest BCUT2D eigenvalue weighted by atomic mass is 10.9. The van der Waals surface area contributed by atoms with Crippen molar-refractivity contribution in [1.29, 1.82) is 0 Å². The lowest BCUT2D eigenvalue weighted by Gasteiger charge is -2.08. The minimum absolute atomic E-state index is 0.0548. The molecule has 0 aromatic heterocycles. The van der Waals surface area contributed by atoms with E-state index in [1.807, 2.05) is 0 Å². The third-order valence-corrected chi connectivity index (χ3v) is 2.71. The van der Waals surface area contributed by atoms with Gasteiger partial charge in [0.15, 0.2) is 5.09 Å². The van der Waals surface area contributed by atoms with E-state index in [1.54, 1.807) is 13.3 Å². The fraction of sp³-hybridized carbons (Fsp3) is 0.250. The topological polar surface area (TPSA) is 38.3 Å². The second-order valence-corrected chi connectivity index (χ2v) is 3.37. The van der Waals surface area contributed by atoms with Crippen LogP contribution in [0.5, 0.6) is 0 Å². The lowest BCUT2D eigenvalue weighted by molar-refractivity contribution is 0.262. The average molecular weight is 163 g/mol. The first-order valence-electron chi connectivity index (χ1n) is 2.22. The van der Waals surface area contributed by atoms with E-state index in [9.17, 15) is 4.79 Å². The zero-order chi connectivity index (χ0) is 6.69. The van der Waals surface area contributed by atoms with Gasteiger partial charge in [-0.2, -0.15) is 0 Å². The van der Waals surface area contributed by atoms with Gasteiger partial charge in [0.05, 0.1) is 13.3 Å². The molecule has 0 fully saturated rings. The minimum Gasteiger partial charge on any atom is -0.488 e. The molecule has 0 aliphatic carbocycles. The molecule has 0 atom stereocenters. The highest BCUT2D eigenvalue weighted by atomic mass is 33.1. The summed E-state index contributed by atoms with van der Waals surface area (Å²) in [7, 11) is 4.01. The molecule has 1 amide bonds. The van der Waals surface area contributed by atoms with Gasteiger partial charge in [0.2, 0.25) is 0 Å². The maximum Gasteiger partial charge on any atom is 0.294 e.